The lowest BCUT2D eigenvalue weighted by Gasteiger charge is -2.39. The number of carboxylic acid groups (broad SMARTS) is 1. The summed E-state index contributed by atoms with van der Waals surface area (Å²) < 4.78 is 43.9. The van der Waals surface area contributed by atoms with Crippen LogP contribution in [0.4, 0.5) is 13.2 Å². The molecule has 2 aromatic rings. The monoisotopic (exact) mass is 472 g/mol. The molecule has 32 heavy (non-hydrogen) atoms. The predicted molar refractivity (Wildman–Crippen MR) is 109 cm³/mol. The maximum atomic E-state index is 12.6. The number of carbonyl (C=O) groups excluding carboxylic acids is 1. The van der Waals surface area contributed by atoms with Crippen LogP contribution in [0.15, 0.2) is 42.0 Å². The van der Waals surface area contributed by atoms with Crippen LogP contribution < -0.4 is 0 Å². The first-order valence-corrected chi connectivity index (χ1v) is 10.8. The Morgan fingerprint density at radius 3 is 2.66 bits per heavy atom. The molecule has 2 aliphatic rings. The van der Waals surface area contributed by atoms with Crippen LogP contribution in [0.2, 0.25) is 0 Å². The fraction of sp³-hybridized carbons (Fsp3) is 0.476. The molecule has 0 aliphatic carbocycles. The van der Waals surface area contributed by atoms with Gasteiger partial charge in [-0.15, -0.1) is 11.3 Å². The number of rotatable bonds is 4. The fourth-order valence-corrected chi connectivity index (χ4v) is 4.41. The van der Waals surface area contributed by atoms with Crippen molar-refractivity contribution in [2.45, 2.75) is 43.8 Å². The third kappa shape index (κ3) is 6.50. The van der Waals surface area contributed by atoms with E-state index in [2.05, 4.69) is 4.98 Å². The quantitative estimate of drug-likeness (QED) is 0.729. The average molecular weight is 472 g/mol. The van der Waals surface area contributed by atoms with E-state index < -0.39 is 12.1 Å². The van der Waals surface area contributed by atoms with Crippen LogP contribution in [0.1, 0.15) is 34.5 Å². The molecular weight excluding hydrogens is 449 g/mol. The largest absolute Gasteiger partial charge is 0.490 e. The first-order chi connectivity index (χ1) is 15.2. The molecule has 1 amide bonds. The average Bonchev–Trinajstić information content (AvgIpc) is 3.43. The highest BCUT2D eigenvalue weighted by Crippen LogP contribution is 2.36. The van der Waals surface area contributed by atoms with Crippen LogP contribution in [0, 0.1) is 0 Å². The number of aliphatic carboxylic acids is 1. The molecule has 11 heteroatoms. The van der Waals surface area contributed by atoms with Crippen molar-refractivity contribution < 1.29 is 37.3 Å². The smallest absolute Gasteiger partial charge is 0.475 e. The number of hydrogen-bond acceptors (Lipinski definition) is 6. The molecule has 7 nitrogen and oxygen atoms in total. The van der Waals surface area contributed by atoms with Crippen LogP contribution in [0.3, 0.4) is 0 Å². The van der Waals surface area contributed by atoms with Gasteiger partial charge in [-0.1, -0.05) is 6.07 Å². The summed E-state index contributed by atoms with van der Waals surface area (Å²) in [7, 11) is 0. The molecule has 2 atom stereocenters. The number of amides is 1. The van der Waals surface area contributed by atoms with Crippen LogP contribution in [0.5, 0.6) is 0 Å². The van der Waals surface area contributed by atoms with Crippen molar-refractivity contribution in [3.63, 3.8) is 0 Å². The first kappa shape index (κ1) is 24.1. The molecule has 174 valence electrons. The second-order valence-corrected chi connectivity index (χ2v) is 8.54. The van der Waals surface area contributed by atoms with E-state index in [1.54, 1.807) is 12.4 Å². The molecule has 1 N–H and O–H groups in total. The Kier molecular flexibility index (Phi) is 7.86. The minimum Gasteiger partial charge on any atom is -0.475 e. The van der Waals surface area contributed by atoms with Crippen molar-refractivity contribution in [3.05, 3.63) is 52.5 Å². The van der Waals surface area contributed by atoms with Gasteiger partial charge < -0.3 is 19.5 Å². The molecule has 0 radical (unpaired) electrons. The van der Waals surface area contributed by atoms with Gasteiger partial charge in [-0.25, -0.2) is 4.79 Å². The standard InChI is InChI=1S/C19H22N2O3S.C2HF3O2/c22-18(17-3-1-10-25-17)21-9-2-6-19(14-21)11-16(13-24-19)23-12-15-4-7-20-8-5-15;3-2(4,5)1(6)7/h1,3-5,7-8,10,16H,2,6,9,11-14H2;(H,6,7)/t16-,19+;/m1./s1. The number of halogens is 3. The number of thiophene rings is 1. The van der Waals surface area contributed by atoms with E-state index >= 15 is 0 Å². The van der Waals surface area contributed by atoms with Gasteiger partial charge in [0.25, 0.3) is 5.91 Å². The van der Waals surface area contributed by atoms with Crippen LogP contribution in [-0.2, 0) is 20.9 Å². The number of likely N-dealkylation sites (tertiary alicyclic amines) is 1. The highest BCUT2D eigenvalue weighted by molar-refractivity contribution is 7.12. The Hall–Kier alpha value is -2.50. The molecule has 0 bridgehead atoms. The zero-order chi connectivity index (χ0) is 23.2. The van der Waals surface area contributed by atoms with Gasteiger partial charge in [0.05, 0.1) is 36.3 Å². The van der Waals surface area contributed by atoms with Crippen molar-refractivity contribution in [1.82, 2.24) is 9.88 Å². The first-order valence-electron chi connectivity index (χ1n) is 9.96. The normalized spacial score (nSPS) is 23.0. The summed E-state index contributed by atoms with van der Waals surface area (Å²) in [6, 6.07) is 7.75. The summed E-state index contributed by atoms with van der Waals surface area (Å²) in [5, 5.41) is 9.07. The molecule has 0 saturated carbocycles. The number of pyridine rings is 1. The summed E-state index contributed by atoms with van der Waals surface area (Å²) in [5.74, 6) is -2.63. The zero-order valence-electron chi connectivity index (χ0n) is 17.1. The highest BCUT2D eigenvalue weighted by atomic mass is 32.1. The van der Waals surface area contributed by atoms with E-state index in [1.165, 1.54) is 11.3 Å². The second-order valence-electron chi connectivity index (χ2n) is 7.60. The van der Waals surface area contributed by atoms with Gasteiger partial charge in [0, 0.05) is 25.4 Å². The SMILES string of the molecule is O=C(O)C(F)(F)F.O=C(c1cccs1)N1CCC[C@]2(C[C@@H](OCc3ccncc3)CO2)C1. The van der Waals surface area contributed by atoms with Crippen molar-refractivity contribution in [3.8, 4) is 0 Å². The number of nitrogens with zero attached hydrogens (tertiary/aromatic N) is 2. The summed E-state index contributed by atoms with van der Waals surface area (Å²) in [6.07, 6.45) is 1.39. The van der Waals surface area contributed by atoms with Gasteiger partial charge in [0.1, 0.15) is 0 Å². The van der Waals surface area contributed by atoms with Gasteiger partial charge in [0.15, 0.2) is 0 Å². The number of aromatic nitrogens is 1. The molecule has 2 aromatic heterocycles. The van der Waals surface area contributed by atoms with Gasteiger partial charge >= 0.3 is 12.1 Å². The maximum Gasteiger partial charge on any atom is 0.490 e. The Labute approximate surface area is 186 Å². The third-order valence-electron chi connectivity index (χ3n) is 5.21. The van der Waals surface area contributed by atoms with Crippen molar-refractivity contribution in [2.75, 3.05) is 19.7 Å². The Bertz CT molecular complexity index is 895. The molecule has 1 spiro atoms. The summed E-state index contributed by atoms with van der Waals surface area (Å²) in [4.78, 5) is 28.3. The summed E-state index contributed by atoms with van der Waals surface area (Å²) >= 11 is 1.50. The Balaban J connectivity index is 0.000000360. The van der Waals surface area contributed by atoms with Crippen LogP contribution >= 0.6 is 11.3 Å². The van der Waals surface area contributed by atoms with Gasteiger partial charge in [0.2, 0.25) is 0 Å². The molecule has 0 unspecified atom stereocenters. The second kappa shape index (κ2) is 10.4. The highest BCUT2D eigenvalue weighted by Gasteiger charge is 2.45. The summed E-state index contributed by atoms with van der Waals surface area (Å²) in [6.45, 7) is 2.65. The lowest BCUT2D eigenvalue weighted by Crippen LogP contribution is -2.50. The lowest BCUT2D eigenvalue weighted by molar-refractivity contribution is -0.192. The number of alkyl halides is 3. The Morgan fingerprint density at radius 1 is 1.31 bits per heavy atom. The molecule has 4 rings (SSSR count). The van der Waals surface area contributed by atoms with E-state index in [4.69, 9.17) is 19.4 Å². The molecule has 2 fully saturated rings. The number of carboxylic acids is 1. The van der Waals surface area contributed by atoms with Crippen LogP contribution in [-0.4, -0.2) is 64.4 Å². The van der Waals surface area contributed by atoms with Crippen molar-refractivity contribution >= 4 is 23.2 Å². The third-order valence-corrected chi connectivity index (χ3v) is 6.07. The minimum atomic E-state index is -5.08. The van der Waals surface area contributed by atoms with E-state index in [9.17, 15) is 18.0 Å². The predicted octanol–water partition coefficient (Wildman–Crippen LogP) is 3.76. The maximum absolute atomic E-state index is 12.6. The molecule has 4 heterocycles. The van der Waals surface area contributed by atoms with E-state index in [0.717, 1.165) is 36.2 Å². The molecule has 2 aliphatic heterocycles. The number of ether oxygens (including phenoxy) is 2. The van der Waals surface area contributed by atoms with Crippen molar-refractivity contribution in [1.29, 1.82) is 0 Å². The van der Waals surface area contributed by atoms with E-state index in [0.29, 0.717) is 19.8 Å². The molecular formula is C21H23F3N2O5S. The number of piperidine rings is 1. The Morgan fingerprint density at radius 2 is 2.03 bits per heavy atom. The fourth-order valence-electron chi connectivity index (χ4n) is 3.71. The topological polar surface area (TPSA) is 89.0 Å². The summed E-state index contributed by atoms with van der Waals surface area (Å²) in [5.41, 5.74) is 0.878. The van der Waals surface area contributed by atoms with E-state index in [-0.39, 0.29) is 17.6 Å². The lowest BCUT2D eigenvalue weighted by atomic mass is 9.89. The molecule has 0 aromatic carbocycles. The minimum absolute atomic E-state index is 0.0879. The molecule has 2 saturated heterocycles. The number of carbonyl (C=O) groups is 2. The van der Waals surface area contributed by atoms with E-state index in [1.807, 2.05) is 34.5 Å². The van der Waals surface area contributed by atoms with Gasteiger partial charge in [-0.05, 0) is 42.0 Å². The number of hydrogen-bond donors (Lipinski definition) is 1. The van der Waals surface area contributed by atoms with Crippen LogP contribution in [0.25, 0.3) is 0 Å². The van der Waals surface area contributed by atoms with Crippen molar-refractivity contribution in [2.24, 2.45) is 0 Å². The zero-order valence-corrected chi connectivity index (χ0v) is 17.9. The van der Waals surface area contributed by atoms with Gasteiger partial charge in [-0.3, -0.25) is 9.78 Å². The van der Waals surface area contributed by atoms with Gasteiger partial charge in [-0.2, -0.15) is 13.2 Å².